The summed E-state index contributed by atoms with van der Waals surface area (Å²) in [6, 6.07) is 5.72. The van der Waals surface area contributed by atoms with Crippen LogP contribution in [0.2, 0.25) is 0 Å². The van der Waals surface area contributed by atoms with Crippen molar-refractivity contribution in [1.29, 1.82) is 0 Å². The fraction of sp³-hybridized carbons (Fsp3) is 0.167. The Morgan fingerprint density at radius 3 is 1.78 bits per heavy atom. The average molecular weight is 125 g/mol. The summed E-state index contributed by atoms with van der Waals surface area (Å²) >= 11 is 0. The monoisotopic (exact) mass is 125 g/mol. The minimum Gasteiger partial charge on any atom is -0.272 e. The van der Waals surface area contributed by atoms with Crippen molar-refractivity contribution in [3.63, 3.8) is 0 Å². The van der Waals surface area contributed by atoms with Gasteiger partial charge in [0.25, 0.3) is 0 Å². The van der Waals surface area contributed by atoms with Crippen LogP contribution in [0.4, 0.5) is 0 Å². The predicted octanol–water partition coefficient (Wildman–Crippen LogP) is 0.161. The summed E-state index contributed by atoms with van der Waals surface area (Å²) in [5, 5.41) is 0. The summed E-state index contributed by atoms with van der Waals surface area (Å²) in [6.45, 7) is 0. The van der Waals surface area contributed by atoms with E-state index < -0.39 is 0 Å². The molecule has 0 aliphatic rings. The highest BCUT2D eigenvalue weighted by Crippen LogP contribution is 1.73. The molecule has 3 heteroatoms. The van der Waals surface area contributed by atoms with E-state index in [0.717, 1.165) is 0 Å². The zero-order valence-electron chi connectivity index (χ0n) is 5.41. The van der Waals surface area contributed by atoms with Gasteiger partial charge >= 0.3 is 0 Å². The number of hydrazine groups is 1. The van der Waals surface area contributed by atoms with E-state index in [1.807, 2.05) is 18.2 Å². The molecule has 9 heavy (non-hydrogen) atoms. The molecule has 0 fully saturated rings. The lowest BCUT2D eigenvalue weighted by molar-refractivity contribution is 0.900. The molecule has 0 spiro atoms. The van der Waals surface area contributed by atoms with Gasteiger partial charge in [-0.2, -0.15) is 0 Å². The third kappa shape index (κ3) is 7.07. The Hall–Kier alpha value is -0.930. The van der Waals surface area contributed by atoms with Gasteiger partial charge in [-0.3, -0.25) is 16.3 Å². The number of nitrogens with one attached hydrogen (secondary N) is 1. The molecular formula is C6H11N3. The maximum Gasteiger partial charge on any atom is 0.0267 e. The minimum atomic E-state index is 1.65. The van der Waals surface area contributed by atoms with Crippen LogP contribution in [-0.2, 0) is 0 Å². The van der Waals surface area contributed by atoms with Gasteiger partial charge in [-0.1, -0.05) is 6.07 Å². The molecule has 1 aromatic heterocycles. The van der Waals surface area contributed by atoms with Gasteiger partial charge in [0, 0.05) is 12.4 Å². The number of hydrogen-bond acceptors (Lipinski definition) is 3. The van der Waals surface area contributed by atoms with Crippen LogP contribution in [0.25, 0.3) is 0 Å². The first kappa shape index (κ1) is 8.07. The number of hydrogen-bond donors (Lipinski definition) is 2. The molecule has 1 rings (SSSR count). The molecule has 0 atom stereocenters. The molecule has 1 aromatic rings. The lowest BCUT2D eigenvalue weighted by Crippen LogP contribution is -2.13. The number of pyridine rings is 1. The smallest absolute Gasteiger partial charge is 0.0267 e. The van der Waals surface area contributed by atoms with Crippen LogP contribution >= 0.6 is 0 Å². The number of nitrogens with zero attached hydrogens (tertiary/aromatic N) is 1. The first-order valence-electron chi connectivity index (χ1n) is 2.64. The van der Waals surface area contributed by atoms with Gasteiger partial charge in [0.15, 0.2) is 0 Å². The second-order valence-corrected chi connectivity index (χ2v) is 1.31. The SMILES string of the molecule is CNN.c1ccncc1. The Morgan fingerprint density at radius 1 is 1.22 bits per heavy atom. The Bertz CT molecular complexity index is 91.2. The number of aromatic nitrogens is 1. The highest BCUT2D eigenvalue weighted by atomic mass is 15.2. The fourth-order valence-corrected chi connectivity index (χ4v) is 0.313. The molecule has 0 aliphatic carbocycles. The van der Waals surface area contributed by atoms with E-state index in [9.17, 15) is 0 Å². The largest absolute Gasteiger partial charge is 0.272 e. The molecule has 0 aromatic carbocycles. The van der Waals surface area contributed by atoms with Crippen LogP contribution in [0.15, 0.2) is 30.6 Å². The van der Waals surface area contributed by atoms with Gasteiger partial charge in [-0.05, 0) is 19.2 Å². The van der Waals surface area contributed by atoms with E-state index in [4.69, 9.17) is 0 Å². The first-order chi connectivity index (χ1) is 4.41. The van der Waals surface area contributed by atoms with Crippen molar-refractivity contribution >= 4 is 0 Å². The molecule has 0 saturated carbocycles. The van der Waals surface area contributed by atoms with Gasteiger partial charge < -0.3 is 0 Å². The molecule has 0 bridgehead atoms. The predicted molar refractivity (Wildman–Crippen MR) is 37.5 cm³/mol. The van der Waals surface area contributed by atoms with Crippen molar-refractivity contribution in [2.24, 2.45) is 5.84 Å². The minimum absolute atomic E-state index is 1.65. The summed E-state index contributed by atoms with van der Waals surface area (Å²) in [7, 11) is 1.65. The fourth-order valence-electron chi connectivity index (χ4n) is 0.313. The number of rotatable bonds is 0. The summed E-state index contributed by atoms with van der Waals surface area (Å²) < 4.78 is 0. The lowest BCUT2D eigenvalue weighted by atomic mass is 10.5. The van der Waals surface area contributed by atoms with Gasteiger partial charge in [0.05, 0.1) is 0 Å². The highest BCUT2D eigenvalue weighted by molar-refractivity contribution is 4.88. The molecule has 0 aliphatic heterocycles. The quantitative estimate of drug-likeness (QED) is 0.383. The maximum absolute atomic E-state index is 4.60. The maximum atomic E-state index is 4.60. The van der Waals surface area contributed by atoms with Gasteiger partial charge in [0.2, 0.25) is 0 Å². The molecule has 1 heterocycles. The third-order valence-corrected chi connectivity index (χ3v) is 0.566. The van der Waals surface area contributed by atoms with E-state index in [1.54, 1.807) is 19.4 Å². The number of nitrogens with two attached hydrogens (primary N) is 1. The normalized spacial score (nSPS) is 7.33. The van der Waals surface area contributed by atoms with Crippen molar-refractivity contribution in [3.05, 3.63) is 30.6 Å². The second kappa shape index (κ2) is 7.07. The van der Waals surface area contributed by atoms with Crippen LogP contribution in [0.1, 0.15) is 0 Å². The standard InChI is InChI=1S/C5H5N.CH6N2/c1-2-4-6-5-3-1;1-3-2/h1-5H;3H,2H2,1H3. The molecular weight excluding hydrogens is 114 g/mol. The molecule has 0 unspecified atom stereocenters. The van der Waals surface area contributed by atoms with E-state index in [0.29, 0.717) is 0 Å². The Balaban J connectivity index is 0.000000187. The molecule has 0 radical (unpaired) electrons. The highest BCUT2D eigenvalue weighted by Gasteiger charge is 1.58. The summed E-state index contributed by atoms with van der Waals surface area (Å²) in [4.78, 5) is 3.78. The molecule has 0 saturated heterocycles. The van der Waals surface area contributed by atoms with Crippen molar-refractivity contribution < 1.29 is 0 Å². The average Bonchev–Trinajstić information content (AvgIpc) is 1.93. The van der Waals surface area contributed by atoms with Crippen LogP contribution < -0.4 is 11.3 Å². The van der Waals surface area contributed by atoms with Crippen LogP contribution in [0.5, 0.6) is 0 Å². The van der Waals surface area contributed by atoms with Crippen LogP contribution in [0, 0.1) is 0 Å². The van der Waals surface area contributed by atoms with E-state index in [1.165, 1.54) is 0 Å². The van der Waals surface area contributed by atoms with Crippen molar-refractivity contribution in [2.75, 3.05) is 7.05 Å². The van der Waals surface area contributed by atoms with E-state index >= 15 is 0 Å². The first-order valence-corrected chi connectivity index (χ1v) is 2.64. The van der Waals surface area contributed by atoms with Crippen molar-refractivity contribution in [3.8, 4) is 0 Å². The molecule has 50 valence electrons. The summed E-state index contributed by atoms with van der Waals surface area (Å²) in [5.41, 5.74) is 2.25. The molecule has 3 nitrogen and oxygen atoms in total. The van der Waals surface area contributed by atoms with Crippen molar-refractivity contribution in [2.45, 2.75) is 0 Å². The molecule has 3 N–H and O–H groups in total. The van der Waals surface area contributed by atoms with Gasteiger partial charge in [-0.15, -0.1) is 0 Å². The van der Waals surface area contributed by atoms with Gasteiger partial charge in [0.1, 0.15) is 0 Å². The van der Waals surface area contributed by atoms with Gasteiger partial charge in [-0.25, -0.2) is 0 Å². The zero-order valence-corrected chi connectivity index (χ0v) is 5.41. The van der Waals surface area contributed by atoms with Crippen LogP contribution in [-0.4, -0.2) is 12.0 Å². The van der Waals surface area contributed by atoms with E-state index in [-0.39, 0.29) is 0 Å². The second-order valence-electron chi connectivity index (χ2n) is 1.31. The van der Waals surface area contributed by atoms with Crippen molar-refractivity contribution in [1.82, 2.24) is 10.4 Å². The zero-order chi connectivity index (χ0) is 6.95. The topological polar surface area (TPSA) is 50.9 Å². The molecule has 0 amide bonds. The summed E-state index contributed by atoms with van der Waals surface area (Å²) in [5.74, 6) is 4.60. The summed E-state index contributed by atoms with van der Waals surface area (Å²) in [6.07, 6.45) is 3.50. The lowest BCUT2D eigenvalue weighted by Gasteiger charge is -1.70. The Kier molecular flexibility index (Phi) is 6.34. The Morgan fingerprint density at radius 2 is 1.67 bits per heavy atom. The van der Waals surface area contributed by atoms with E-state index in [2.05, 4.69) is 16.3 Å². The van der Waals surface area contributed by atoms with Crippen LogP contribution in [0.3, 0.4) is 0 Å². The Labute approximate surface area is 54.9 Å². The third-order valence-electron chi connectivity index (χ3n) is 0.566.